The van der Waals surface area contributed by atoms with E-state index in [1.54, 1.807) is 32.5 Å². The van der Waals surface area contributed by atoms with Crippen molar-refractivity contribution in [2.75, 3.05) is 25.1 Å². The summed E-state index contributed by atoms with van der Waals surface area (Å²) in [4.78, 5) is 5.51. The number of ether oxygens (including phenoxy) is 3. The molecule has 0 spiro atoms. The first-order valence-corrected chi connectivity index (χ1v) is 10.9. The fourth-order valence-electron chi connectivity index (χ4n) is 3.29. The summed E-state index contributed by atoms with van der Waals surface area (Å²) in [6, 6.07) is 12.3. The molecule has 3 aromatic rings. The molecule has 0 aliphatic carbocycles. The molecule has 0 fully saturated rings. The van der Waals surface area contributed by atoms with E-state index in [9.17, 15) is 0 Å². The van der Waals surface area contributed by atoms with Crippen molar-refractivity contribution in [3.05, 3.63) is 53.9 Å². The first-order valence-electron chi connectivity index (χ1n) is 9.37. The minimum Gasteiger partial charge on any atom is -0.497 e. The highest BCUT2D eigenvalue weighted by atomic mass is 32.2. The molecule has 0 radical (unpaired) electrons. The number of aromatic nitrogens is 2. The normalized spacial score (nSPS) is 15.3. The molecular formula is C21H23N3O3S2. The van der Waals surface area contributed by atoms with Gasteiger partial charge in [0, 0.05) is 28.1 Å². The summed E-state index contributed by atoms with van der Waals surface area (Å²) in [5.74, 6) is 3.05. The van der Waals surface area contributed by atoms with Crippen molar-refractivity contribution in [1.82, 2.24) is 9.36 Å². The van der Waals surface area contributed by atoms with Crippen LogP contribution in [0.1, 0.15) is 30.4 Å². The van der Waals surface area contributed by atoms with Gasteiger partial charge in [-0.1, -0.05) is 13.0 Å². The van der Waals surface area contributed by atoms with Gasteiger partial charge in [0.05, 0.1) is 27.4 Å². The standard InChI is InChI=1S/C21H23N3O3S2/c1-14-8-9-27-20-11-17(6-7-18(14)20)29-24(21-22-13-23-28-21)12-15-4-5-16(25-2)10-19(15)26-3/h4-7,10-11,13-14H,8-9,12H2,1-3H3. The third kappa shape index (κ3) is 4.43. The number of fused-ring (bicyclic) bond motifs is 1. The molecule has 0 saturated carbocycles. The third-order valence-electron chi connectivity index (χ3n) is 4.91. The van der Waals surface area contributed by atoms with Crippen molar-refractivity contribution < 1.29 is 14.2 Å². The number of rotatable bonds is 7. The van der Waals surface area contributed by atoms with Gasteiger partial charge in [0.1, 0.15) is 23.6 Å². The lowest BCUT2D eigenvalue weighted by atomic mass is 9.95. The number of hydrogen-bond acceptors (Lipinski definition) is 8. The largest absolute Gasteiger partial charge is 0.497 e. The highest BCUT2D eigenvalue weighted by Crippen LogP contribution is 2.39. The molecule has 4 rings (SSSR count). The van der Waals surface area contributed by atoms with Crippen molar-refractivity contribution in [3.63, 3.8) is 0 Å². The summed E-state index contributed by atoms with van der Waals surface area (Å²) in [5, 5.41) is 0.833. The summed E-state index contributed by atoms with van der Waals surface area (Å²) in [6.07, 6.45) is 2.64. The summed E-state index contributed by atoms with van der Waals surface area (Å²) in [7, 11) is 3.32. The van der Waals surface area contributed by atoms with Gasteiger partial charge in [-0.25, -0.2) is 4.98 Å². The molecule has 0 amide bonds. The SMILES string of the molecule is COc1ccc(CN(Sc2ccc3c(c2)OCCC3C)c2ncns2)c(OC)c1. The Hall–Kier alpha value is -2.45. The third-order valence-corrected chi connectivity index (χ3v) is 6.70. The molecule has 0 N–H and O–H groups in total. The van der Waals surface area contributed by atoms with E-state index in [0.29, 0.717) is 12.5 Å². The maximum Gasteiger partial charge on any atom is 0.215 e. The topological polar surface area (TPSA) is 56.7 Å². The van der Waals surface area contributed by atoms with E-state index < -0.39 is 0 Å². The Morgan fingerprint density at radius 3 is 2.86 bits per heavy atom. The Morgan fingerprint density at radius 1 is 1.21 bits per heavy atom. The predicted molar refractivity (Wildman–Crippen MR) is 116 cm³/mol. The lowest BCUT2D eigenvalue weighted by Crippen LogP contribution is -2.15. The molecule has 0 bridgehead atoms. The minimum atomic E-state index is 0.528. The molecule has 8 heteroatoms. The molecule has 2 aromatic carbocycles. The van der Waals surface area contributed by atoms with E-state index in [-0.39, 0.29) is 0 Å². The van der Waals surface area contributed by atoms with Gasteiger partial charge in [-0.2, -0.15) is 4.37 Å². The summed E-state index contributed by atoms with van der Waals surface area (Å²) in [5.41, 5.74) is 2.32. The summed E-state index contributed by atoms with van der Waals surface area (Å²) < 4.78 is 23.1. The number of anilines is 1. The van der Waals surface area contributed by atoms with Crippen LogP contribution in [0.2, 0.25) is 0 Å². The maximum absolute atomic E-state index is 5.90. The predicted octanol–water partition coefficient (Wildman–Crippen LogP) is 5.16. The number of methoxy groups -OCH3 is 2. The van der Waals surface area contributed by atoms with Crippen LogP contribution in [-0.2, 0) is 6.54 Å². The van der Waals surface area contributed by atoms with Gasteiger partial charge in [0.25, 0.3) is 0 Å². The lowest BCUT2D eigenvalue weighted by Gasteiger charge is -2.25. The number of hydrogen-bond donors (Lipinski definition) is 0. The van der Waals surface area contributed by atoms with E-state index >= 15 is 0 Å². The molecule has 1 atom stereocenters. The van der Waals surface area contributed by atoms with Crippen LogP contribution in [0.3, 0.4) is 0 Å². The van der Waals surface area contributed by atoms with Crippen LogP contribution in [0.25, 0.3) is 0 Å². The van der Waals surface area contributed by atoms with Crippen LogP contribution in [0.15, 0.2) is 47.6 Å². The number of benzene rings is 2. The minimum absolute atomic E-state index is 0.528. The average Bonchev–Trinajstić information content (AvgIpc) is 3.28. The first kappa shape index (κ1) is 19.8. The Morgan fingerprint density at radius 2 is 2.10 bits per heavy atom. The molecule has 152 valence electrons. The zero-order chi connectivity index (χ0) is 20.2. The van der Waals surface area contributed by atoms with Gasteiger partial charge in [0.15, 0.2) is 0 Å². The average molecular weight is 430 g/mol. The molecule has 29 heavy (non-hydrogen) atoms. The van der Waals surface area contributed by atoms with Crippen LogP contribution < -0.4 is 18.5 Å². The second kappa shape index (κ2) is 8.92. The van der Waals surface area contributed by atoms with Crippen molar-refractivity contribution in [3.8, 4) is 17.2 Å². The second-order valence-electron chi connectivity index (χ2n) is 6.77. The molecule has 6 nitrogen and oxygen atoms in total. The van der Waals surface area contributed by atoms with Gasteiger partial charge >= 0.3 is 0 Å². The van der Waals surface area contributed by atoms with Crippen LogP contribution in [0, 0.1) is 0 Å². The monoisotopic (exact) mass is 429 g/mol. The van der Waals surface area contributed by atoms with E-state index in [0.717, 1.165) is 45.9 Å². The van der Waals surface area contributed by atoms with Gasteiger partial charge in [-0.15, -0.1) is 0 Å². The Balaban J connectivity index is 1.61. The number of nitrogens with zero attached hydrogens (tertiary/aromatic N) is 3. The molecular weight excluding hydrogens is 406 g/mol. The highest BCUT2D eigenvalue weighted by Gasteiger charge is 2.20. The zero-order valence-electron chi connectivity index (χ0n) is 16.6. The molecule has 1 aromatic heterocycles. The van der Waals surface area contributed by atoms with Crippen LogP contribution >= 0.6 is 23.5 Å². The van der Waals surface area contributed by atoms with Gasteiger partial charge in [-0.05, 0) is 54.1 Å². The van der Waals surface area contributed by atoms with Crippen molar-refractivity contribution in [2.45, 2.75) is 30.7 Å². The molecule has 1 aliphatic heterocycles. The van der Waals surface area contributed by atoms with Crippen molar-refractivity contribution in [1.29, 1.82) is 0 Å². The van der Waals surface area contributed by atoms with Gasteiger partial charge in [-0.3, -0.25) is 4.31 Å². The van der Waals surface area contributed by atoms with Crippen LogP contribution in [0.5, 0.6) is 17.2 Å². The summed E-state index contributed by atoms with van der Waals surface area (Å²) in [6.45, 7) is 3.63. The molecule has 0 saturated heterocycles. The first-order chi connectivity index (χ1) is 14.2. The Labute approximate surface area is 179 Å². The molecule has 2 heterocycles. The van der Waals surface area contributed by atoms with E-state index in [1.165, 1.54) is 17.1 Å². The smallest absolute Gasteiger partial charge is 0.215 e. The van der Waals surface area contributed by atoms with Gasteiger partial charge < -0.3 is 14.2 Å². The van der Waals surface area contributed by atoms with E-state index in [4.69, 9.17) is 14.2 Å². The van der Waals surface area contributed by atoms with Crippen LogP contribution in [0.4, 0.5) is 5.13 Å². The van der Waals surface area contributed by atoms with E-state index in [1.807, 2.05) is 18.2 Å². The van der Waals surface area contributed by atoms with Crippen molar-refractivity contribution >= 4 is 28.6 Å². The zero-order valence-corrected chi connectivity index (χ0v) is 18.3. The summed E-state index contributed by atoms with van der Waals surface area (Å²) >= 11 is 2.99. The van der Waals surface area contributed by atoms with Crippen LogP contribution in [-0.4, -0.2) is 30.2 Å². The lowest BCUT2D eigenvalue weighted by molar-refractivity contribution is 0.271. The quantitative estimate of drug-likeness (QED) is 0.481. The fourth-order valence-corrected chi connectivity index (χ4v) is 4.81. The van der Waals surface area contributed by atoms with Gasteiger partial charge in [0.2, 0.25) is 5.13 Å². The molecule has 1 unspecified atom stereocenters. The maximum atomic E-state index is 5.90. The Kier molecular flexibility index (Phi) is 6.10. The highest BCUT2D eigenvalue weighted by molar-refractivity contribution is 8.00. The Bertz CT molecular complexity index is 966. The van der Waals surface area contributed by atoms with Crippen molar-refractivity contribution in [2.24, 2.45) is 0 Å². The van der Waals surface area contributed by atoms with E-state index in [2.05, 4.69) is 38.8 Å². The molecule has 1 aliphatic rings. The fraction of sp³-hybridized carbons (Fsp3) is 0.333. The second-order valence-corrected chi connectivity index (χ2v) is 8.62.